The summed E-state index contributed by atoms with van der Waals surface area (Å²) in [5, 5.41) is 0. The highest BCUT2D eigenvalue weighted by Gasteiger charge is 2.53. The van der Waals surface area contributed by atoms with E-state index in [2.05, 4.69) is 13.1 Å². The van der Waals surface area contributed by atoms with Crippen molar-refractivity contribution < 1.29 is 35.4 Å². The quantitative estimate of drug-likeness (QED) is 0.250. The minimum atomic E-state index is -2.86. The minimum Gasteiger partial charge on any atom is -0.394 e. The van der Waals surface area contributed by atoms with Crippen molar-refractivity contribution in [3.05, 3.63) is 0 Å². The van der Waals surface area contributed by atoms with E-state index in [9.17, 15) is 0 Å². The zero-order valence-corrected chi connectivity index (χ0v) is 24.3. The number of epoxide rings is 2. The van der Waals surface area contributed by atoms with Gasteiger partial charge >= 0.3 is 26.2 Å². The summed E-state index contributed by atoms with van der Waals surface area (Å²) >= 11 is 0. The molecule has 4 fully saturated rings. The first kappa shape index (κ1) is 26.4. The van der Waals surface area contributed by atoms with Gasteiger partial charge in [-0.2, -0.15) is 0 Å². The molecule has 0 aromatic rings. The van der Waals surface area contributed by atoms with Crippen LogP contribution in [0.2, 0.25) is 25.2 Å². The molecule has 2 aliphatic heterocycles. The number of fused-ring (bicyclic) bond motifs is 2. The van der Waals surface area contributed by atoms with Crippen LogP contribution >= 0.6 is 0 Å². The lowest BCUT2D eigenvalue weighted by molar-refractivity contribution is 0.113. The van der Waals surface area contributed by atoms with Gasteiger partial charge in [-0.1, -0.05) is 0 Å². The second-order valence-corrected chi connectivity index (χ2v) is 20.4. The molecule has 0 amide bonds. The second-order valence-electron chi connectivity index (χ2n) is 10.6. The molecule has 0 aromatic heterocycles. The van der Waals surface area contributed by atoms with Crippen molar-refractivity contribution in [3.63, 3.8) is 0 Å². The lowest BCUT2D eigenvalue weighted by Crippen LogP contribution is -2.59. The maximum absolute atomic E-state index is 6.66. The third-order valence-corrected chi connectivity index (χ3v) is 18.7. The highest BCUT2D eigenvalue weighted by molar-refractivity contribution is 6.82. The average Bonchev–Trinajstić information content (AvgIpc) is 3.73. The monoisotopic (exact) mass is 520 g/mol. The van der Waals surface area contributed by atoms with E-state index in [0.29, 0.717) is 36.3 Å². The van der Waals surface area contributed by atoms with Gasteiger partial charge in [0.05, 0.1) is 24.4 Å². The summed E-state index contributed by atoms with van der Waals surface area (Å²) in [4.78, 5) is 0. The Balaban J connectivity index is 1.32. The first-order chi connectivity index (χ1) is 15.7. The van der Waals surface area contributed by atoms with Gasteiger partial charge < -0.3 is 35.4 Å². The Hall–Kier alpha value is 0.331. The molecule has 2 saturated heterocycles. The topological polar surface area (TPSA) is 80.4 Å². The molecular formula is C22H44O8Si3. The first-order valence-electron chi connectivity index (χ1n) is 12.7. The van der Waals surface area contributed by atoms with E-state index in [1.165, 1.54) is 25.7 Å². The van der Waals surface area contributed by atoms with E-state index in [1.54, 1.807) is 28.4 Å². The largest absolute Gasteiger partial charge is 0.491 e. The Bertz CT molecular complexity index is 593. The number of hydrogen-bond donors (Lipinski definition) is 0. The Kier molecular flexibility index (Phi) is 8.60. The zero-order valence-electron chi connectivity index (χ0n) is 21.3. The molecule has 192 valence electrons. The third-order valence-electron chi connectivity index (χ3n) is 7.99. The summed E-state index contributed by atoms with van der Waals surface area (Å²) in [6.45, 7) is 4.11. The van der Waals surface area contributed by atoms with E-state index in [4.69, 9.17) is 35.4 Å². The van der Waals surface area contributed by atoms with Gasteiger partial charge in [-0.3, -0.25) is 0 Å². The summed E-state index contributed by atoms with van der Waals surface area (Å²) in [6.07, 6.45) is 11.2. The summed E-state index contributed by atoms with van der Waals surface area (Å²) in [5.41, 5.74) is 0. The van der Waals surface area contributed by atoms with Gasteiger partial charge in [0.15, 0.2) is 0 Å². The molecule has 6 unspecified atom stereocenters. The Morgan fingerprint density at radius 1 is 0.606 bits per heavy atom. The van der Waals surface area contributed by atoms with Crippen molar-refractivity contribution in [2.24, 2.45) is 11.8 Å². The molecule has 4 rings (SSSR count). The average molecular weight is 521 g/mol. The van der Waals surface area contributed by atoms with Crippen LogP contribution in [0.3, 0.4) is 0 Å². The molecule has 2 aliphatic carbocycles. The van der Waals surface area contributed by atoms with Crippen LogP contribution in [-0.4, -0.2) is 79.0 Å². The van der Waals surface area contributed by atoms with E-state index < -0.39 is 26.2 Å². The summed E-state index contributed by atoms with van der Waals surface area (Å²) in [7, 11) is -1.59. The van der Waals surface area contributed by atoms with Crippen molar-refractivity contribution in [1.29, 1.82) is 0 Å². The Labute approximate surface area is 202 Å². The zero-order chi connectivity index (χ0) is 23.7. The Morgan fingerprint density at radius 3 is 1.33 bits per heavy atom. The molecule has 6 atom stereocenters. The molecule has 8 nitrogen and oxygen atoms in total. The van der Waals surface area contributed by atoms with Gasteiger partial charge in [-0.05, 0) is 76.3 Å². The van der Waals surface area contributed by atoms with Crippen LogP contribution in [0.4, 0.5) is 0 Å². The second kappa shape index (κ2) is 10.8. The SMILES string of the molecule is CO[Si](CCC1CCC2OC2C1)(OC)O[Si](C)(C)O[Si](CCC1CCC2OC2C1)(OC)OC. The van der Waals surface area contributed by atoms with Gasteiger partial charge in [-0.15, -0.1) is 0 Å². The standard InChI is InChI=1S/C22H44O8Si3/c1-23-32(24-2,13-11-17-7-9-19-21(15-17)27-19)29-31(5,6)30-33(25-3,26-4)14-12-18-8-10-20-22(16-18)28-20/h17-22H,7-16H2,1-6H3. The number of hydrogen-bond acceptors (Lipinski definition) is 8. The van der Waals surface area contributed by atoms with E-state index in [-0.39, 0.29) is 0 Å². The van der Waals surface area contributed by atoms with Gasteiger partial charge in [0.1, 0.15) is 0 Å². The van der Waals surface area contributed by atoms with Crippen molar-refractivity contribution in [3.8, 4) is 0 Å². The smallest absolute Gasteiger partial charge is 0.394 e. The van der Waals surface area contributed by atoms with Crippen LogP contribution in [0.5, 0.6) is 0 Å². The van der Waals surface area contributed by atoms with Crippen LogP contribution in [-0.2, 0) is 35.4 Å². The molecule has 2 saturated carbocycles. The maximum atomic E-state index is 6.66. The fourth-order valence-corrected chi connectivity index (χ4v) is 17.2. The maximum Gasteiger partial charge on any atom is 0.491 e. The van der Waals surface area contributed by atoms with Gasteiger partial charge in [0.25, 0.3) is 0 Å². The molecule has 33 heavy (non-hydrogen) atoms. The van der Waals surface area contributed by atoms with Crippen molar-refractivity contribution in [2.45, 2.75) is 101 Å². The number of ether oxygens (including phenoxy) is 2. The van der Waals surface area contributed by atoms with Gasteiger partial charge in [0, 0.05) is 40.5 Å². The molecule has 0 aromatic carbocycles. The lowest BCUT2D eigenvalue weighted by Gasteiger charge is -2.39. The van der Waals surface area contributed by atoms with E-state index >= 15 is 0 Å². The van der Waals surface area contributed by atoms with Gasteiger partial charge in [0.2, 0.25) is 0 Å². The predicted octanol–water partition coefficient (Wildman–Crippen LogP) is 4.10. The summed E-state index contributed by atoms with van der Waals surface area (Å²) in [6, 6.07) is 1.59. The van der Waals surface area contributed by atoms with Crippen molar-refractivity contribution in [2.75, 3.05) is 28.4 Å². The Morgan fingerprint density at radius 2 is 1.00 bits per heavy atom. The molecule has 0 bridgehead atoms. The van der Waals surface area contributed by atoms with Crippen molar-refractivity contribution in [1.82, 2.24) is 0 Å². The predicted molar refractivity (Wildman–Crippen MR) is 130 cm³/mol. The highest BCUT2D eigenvalue weighted by atomic mass is 28.5. The highest BCUT2D eigenvalue weighted by Crippen LogP contribution is 2.43. The van der Waals surface area contributed by atoms with E-state index in [1.807, 2.05) is 0 Å². The normalized spacial score (nSPS) is 34.0. The molecular weight excluding hydrogens is 476 g/mol. The van der Waals surface area contributed by atoms with Crippen LogP contribution in [0.1, 0.15) is 51.4 Å². The number of rotatable bonds is 14. The molecule has 2 heterocycles. The van der Waals surface area contributed by atoms with Crippen LogP contribution < -0.4 is 0 Å². The third kappa shape index (κ3) is 6.76. The van der Waals surface area contributed by atoms with Gasteiger partial charge in [-0.25, -0.2) is 0 Å². The molecule has 0 N–H and O–H groups in total. The molecule has 0 radical (unpaired) electrons. The van der Waals surface area contributed by atoms with Crippen LogP contribution in [0.25, 0.3) is 0 Å². The van der Waals surface area contributed by atoms with Crippen LogP contribution in [0.15, 0.2) is 0 Å². The summed E-state index contributed by atoms with van der Waals surface area (Å²) < 4.78 is 48.5. The molecule has 11 heteroatoms. The van der Waals surface area contributed by atoms with Crippen molar-refractivity contribution >= 4 is 26.2 Å². The summed E-state index contributed by atoms with van der Waals surface area (Å²) in [5.74, 6) is 1.30. The minimum absolute atomic E-state index is 0.483. The van der Waals surface area contributed by atoms with E-state index in [0.717, 1.165) is 37.8 Å². The molecule has 4 aliphatic rings. The fourth-order valence-electron chi connectivity index (χ4n) is 5.87. The van der Waals surface area contributed by atoms with Crippen LogP contribution in [0, 0.1) is 11.8 Å². The first-order valence-corrected chi connectivity index (χ1v) is 19.3. The molecule has 0 spiro atoms. The fraction of sp³-hybridized carbons (Fsp3) is 1.00. The lowest BCUT2D eigenvalue weighted by atomic mass is 9.88.